The minimum atomic E-state index is -1.16. The molecule has 0 fully saturated rings. The maximum Gasteiger partial charge on any atom is 0.505 e. The van der Waals surface area contributed by atoms with E-state index in [-0.39, 0.29) is 0 Å². The molecule has 0 atom stereocenters. The summed E-state index contributed by atoms with van der Waals surface area (Å²) in [5.41, 5.74) is 1.79. The Morgan fingerprint density at radius 1 is 0.828 bits per heavy atom. The van der Waals surface area contributed by atoms with Crippen molar-refractivity contribution >= 4 is 16.9 Å². The van der Waals surface area contributed by atoms with Gasteiger partial charge in [0.1, 0.15) is 0 Å². The van der Waals surface area contributed by atoms with Crippen LogP contribution in [0.25, 0.3) is 10.8 Å². The predicted molar refractivity (Wildman–Crippen MR) is 122 cm³/mol. The summed E-state index contributed by atoms with van der Waals surface area (Å²) >= 11 is 0. The minimum absolute atomic E-state index is 0.338. The van der Waals surface area contributed by atoms with Crippen molar-refractivity contribution in [3.8, 4) is 0 Å². The van der Waals surface area contributed by atoms with Crippen molar-refractivity contribution in [3.63, 3.8) is 0 Å². The molecule has 0 amide bonds. The van der Waals surface area contributed by atoms with E-state index in [1.807, 2.05) is 0 Å². The van der Waals surface area contributed by atoms with Gasteiger partial charge < -0.3 is 9.84 Å². The number of benzene rings is 2. The van der Waals surface area contributed by atoms with E-state index in [9.17, 15) is 4.79 Å². The molecule has 0 aliphatic rings. The van der Waals surface area contributed by atoms with Gasteiger partial charge in [-0.25, -0.2) is 4.79 Å². The molecule has 2 aromatic carbocycles. The number of rotatable bonds is 14. The third-order valence-electron chi connectivity index (χ3n) is 5.72. The van der Waals surface area contributed by atoms with Crippen LogP contribution < -0.4 is 0 Å². The van der Waals surface area contributed by atoms with Gasteiger partial charge in [0.15, 0.2) is 0 Å². The average Bonchev–Trinajstić information content (AvgIpc) is 2.68. The van der Waals surface area contributed by atoms with Crippen molar-refractivity contribution < 1.29 is 14.6 Å². The highest BCUT2D eigenvalue weighted by atomic mass is 16.7. The zero-order valence-electron chi connectivity index (χ0n) is 18.3. The topological polar surface area (TPSA) is 46.5 Å². The third-order valence-corrected chi connectivity index (χ3v) is 5.72. The van der Waals surface area contributed by atoms with Gasteiger partial charge in [0.25, 0.3) is 0 Å². The first-order chi connectivity index (χ1) is 14.0. The second-order valence-electron chi connectivity index (χ2n) is 9.07. The lowest BCUT2D eigenvalue weighted by molar-refractivity contribution is 0.0899. The Morgan fingerprint density at radius 2 is 1.41 bits per heavy atom. The Hall–Kier alpha value is -2.03. The maximum atomic E-state index is 10.2. The number of hydrogen-bond donors (Lipinski definition) is 1. The van der Waals surface area contributed by atoms with Crippen LogP contribution in [0.4, 0.5) is 4.79 Å². The van der Waals surface area contributed by atoms with E-state index in [4.69, 9.17) is 5.11 Å². The summed E-state index contributed by atoms with van der Waals surface area (Å²) in [5.74, 6) is 0. The quantitative estimate of drug-likeness (QED) is 0.259. The second-order valence-corrected chi connectivity index (χ2v) is 9.07. The Bertz CT molecular complexity index is 736. The molecular formula is C26H38O3. The summed E-state index contributed by atoms with van der Waals surface area (Å²) in [6.07, 6.45) is 12.2. The Labute approximate surface area is 176 Å². The molecule has 0 saturated heterocycles. The Morgan fingerprint density at radius 3 is 2.07 bits per heavy atom. The molecule has 0 saturated carbocycles. The summed E-state index contributed by atoms with van der Waals surface area (Å²) in [6, 6.07) is 15.5. The second kappa shape index (κ2) is 12.5. The van der Waals surface area contributed by atoms with E-state index in [0.29, 0.717) is 12.0 Å². The summed E-state index contributed by atoms with van der Waals surface area (Å²) in [4.78, 5) is 10.2. The zero-order valence-corrected chi connectivity index (χ0v) is 18.3. The SMILES string of the molecule is CC(C)(CCCCCCCCCCCOC(=O)O)Cc1ccc2ccccc2c1. The van der Waals surface area contributed by atoms with Crippen LogP contribution in [0.3, 0.4) is 0 Å². The molecule has 0 aromatic heterocycles. The van der Waals surface area contributed by atoms with Gasteiger partial charge in [-0.2, -0.15) is 0 Å². The molecule has 0 spiro atoms. The van der Waals surface area contributed by atoms with Crippen molar-refractivity contribution in [2.45, 2.75) is 84.5 Å². The molecule has 3 heteroatoms. The van der Waals surface area contributed by atoms with Crippen molar-refractivity contribution in [2.24, 2.45) is 5.41 Å². The molecule has 2 rings (SSSR count). The molecule has 29 heavy (non-hydrogen) atoms. The van der Waals surface area contributed by atoms with Crippen molar-refractivity contribution in [3.05, 3.63) is 48.0 Å². The molecule has 0 unspecified atom stereocenters. The van der Waals surface area contributed by atoms with Gasteiger partial charge in [-0.15, -0.1) is 0 Å². The molecule has 0 aliphatic carbocycles. The normalized spacial score (nSPS) is 11.7. The summed E-state index contributed by atoms with van der Waals surface area (Å²) in [5, 5.41) is 11.1. The van der Waals surface area contributed by atoms with E-state index >= 15 is 0 Å². The molecule has 160 valence electrons. The number of fused-ring (bicyclic) bond motifs is 1. The van der Waals surface area contributed by atoms with Crippen LogP contribution in [-0.2, 0) is 11.2 Å². The van der Waals surface area contributed by atoms with E-state index in [1.54, 1.807) is 0 Å². The first kappa shape index (κ1) is 23.3. The van der Waals surface area contributed by atoms with E-state index in [0.717, 1.165) is 19.3 Å². The monoisotopic (exact) mass is 398 g/mol. The van der Waals surface area contributed by atoms with Gasteiger partial charge in [0, 0.05) is 0 Å². The standard InChI is InChI=1S/C26H38O3/c1-26(2,21-22-16-17-23-14-10-11-15-24(23)20-22)18-12-8-6-4-3-5-7-9-13-19-29-25(27)28/h10-11,14-17,20H,3-9,12-13,18-19,21H2,1-2H3,(H,27,28). The largest absolute Gasteiger partial charge is 0.505 e. The highest BCUT2D eigenvalue weighted by Crippen LogP contribution is 2.30. The summed E-state index contributed by atoms with van der Waals surface area (Å²) < 4.78 is 4.51. The van der Waals surface area contributed by atoms with Crippen LogP contribution in [0.5, 0.6) is 0 Å². The molecule has 0 aliphatic heterocycles. The summed E-state index contributed by atoms with van der Waals surface area (Å²) in [7, 11) is 0. The highest BCUT2D eigenvalue weighted by molar-refractivity contribution is 5.83. The fraction of sp³-hybridized carbons (Fsp3) is 0.577. The highest BCUT2D eigenvalue weighted by Gasteiger charge is 2.18. The summed E-state index contributed by atoms with van der Waals surface area (Å²) in [6.45, 7) is 5.14. The number of unbranched alkanes of at least 4 members (excludes halogenated alkanes) is 8. The number of carbonyl (C=O) groups is 1. The Balaban J connectivity index is 1.52. The molecule has 3 nitrogen and oxygen atoms in total. The lowest BCUT2D eigenvalue weighted by Crippen LogP contribution is -2.14. The van der Waals surface area contributed by atoms with Crippen LogP contribution in [0.15, 0.2) is 42.5 Å². The van der Waals surface area contributed by atoms with Crippen LogP contribution >= 0.6 is 0 Å². The lowest BCUT2D eigenvalue weighted by atomic mass is 9.80. The number of ether oxygens (including phenoxy) is 1. The molecule has 0 radical (unpaired) electrons. The zero-order chi connectivity index (χ0) is 21.0. The fourth-order valence-electron chi connectivity index (χ4n) is 4.09. The first-order valence-electron chi connectivity index (χ1n) is 11.3. The van der Waals surface area contributed by atoms with Crippen LogP contribution in [0.2, 0.25) is 0 Å². The van der Waals surface area contributed by atoms with Crippen molar-refractivity contribution in [2.75, 3.05) is 6.61 Å². The molecular weight excluding hydrogens is 360 g/mol. The number of hydrogen-bond acceptors (Lipinski definition) is 2. The minimum Gasteiger partial charge on any atom is -0.450 e. The van der Waals surface area contributed by atoms with E-state index in [2.05, 4.69) is 61.0 Å². The smallest absolute Gasteiger partial charge is 0.450 e. The van der Waals surface area contributed by atoms with Gasteiger partial charge in [-0.3, -0.25) is 0 Å². The molecule has 1 N–H and O–H groups in total. The first-order valence-corrected chi connectivity index (χ1v) is 11.3. The van der Waals surface area contributed by atoms with Gasteiger partial charge >= 0.3 is 6.16 Å². The average molecular weight is 399 g/mol. The molecule has 0 heterocycles. The molecule has 0 bridgehead atoms. The van der Waals surface area contributed by atoms with E-state index in [1.165, 1.54) is 67.7 Å². The lowest BCUT2D eigenvalue weighted by Gasteiger charge is -2.25. The van der Waals surface area contributed by atoms with Gasteiger partial charge in [-0.1, -0.05) is 108 Å². The third kappa shape index (κ3) is 9.83. The predicted octanol–water partition coefficient (Wildman–Crippen LogP) is 8.00. The van der Waals surface area contributed by atoms with Crippen molar-refractivity contribution in [1.29, 1.82) is 0 Å². The van der Waals surface area contributed by atoms with Crippen molar-refractivity contribution in [1.82, 2.24) is 0 Å². The fourth-order valence-corrected chi connectivity index (χ4v) is 4.09. The van der Waals surface area contributed by atoms with Crippen LogP contribution in [0, 0.1) is 5.41 Å². The van der Waals surface area contributed by atoms with Gasteiger partial charge in [0.05, 0.1) is 6.61 Å². The molecule has 2 aromatic rings. The number of carboxylic acid groups (broad SMARTS) is 1. The van der Waals surface area contributed by atoms with Gasteiger partial charge in [0.2, 0.25) is 0 Å². The maximum absolute atomic E-state index is 10.2. The van der Waals surface area contributed by atoms with Crippen LogP contribution in [-0.4, -0.2) is 17.9 Å². The van der Waals surface area contributed by atoms with Crippen LogP contribution in [0.1, 0.15) is 83.6 Å². The Kier molecular flexibility index (Phi) is 10.0. The van der Waals surface area contributed by atoms with E-state index < -0.39 is 6.16 Å². The van der Waals surface area contributed by atoms with Gasteiger partial charge in [-0.05, 0) is 41.0 Å².